The Labute approximate surface area is 112 Å². The van der Waals surface area contributed by atoms with Crippen molar-refractivity contribution in [3.05, 3.63) is 64.7 Å². The van der Waals surface area contributed by atoms with E-state index in [1.165, 1.54) is 5.56 Å². The number of hydrogen-bond acceptors (Lipinski definition) is 1. The zero-order valence-corrected chi connectivity index (χ0v) is 11.1. The summed E-state index contributed by atoms with van der Waals surface area (Å²) in [6.07, 6.45) is 0. The second kappa shape index (κ2) is 5.89. The van der Waals surface area contributed by atoms with Gasteiger partial charge in [0.2, 0.25) is 0 Å². The van der Waals surface area contributed by atoms with Crippen LogP contribution in [0.1, 0.15) is 24.1 Å². The molecule has 0 radical (unpaired) electrons. The molecule has 0 saturated carbocycles. The van der Waals surface area contributed by atoms with Gasteiger partial charge >= 0.3 is 0 Å². The number of halogens is 1. The van der Waals surface area contributed by atoms with Crippen molar-refractivity contribution in [2.45, 2.75) is 19.5 Å². The zero-order chi connectivity index (χ0) is 13.0. The van der Waals surface area contributed by atoms with Crippen molar-refractivity contribution in [1.82, 2.24) is 0 Å². The fraction of sp³-hybridized carbons (Fsp3) is 0.200. The molecule has 0 saturated heterocycles. The number of phenolic OH excluding ortho intramolecular Hbond substituents is 1. The molecule has 3 N–H and O–H groups in total. The molecule has 2 aromatic carbocycles. The number of nitrogens with two attached hydrogens (primary N) is 1. The van der Waals surface area contributed by atoms with Gasteiger partial charge in [0.15, 0.2) is 0 Å². The van der Waals surface area contributed by atoms with E-state index in [4.69, 9.17) is 11.6 Å². The Hall–Kier alpha value is -1.51. The summed E-state index contributed by atoms with van der Waals surface area (Å²) in [6, 6.07) is 15.6. The Balaban J connectivity index is 2.03. The van der Waals surface area contributed by atoms with E-state index in [1.54, 1.807) is 12.1 Å². The third-order valence-electron chi connectivity index (χ3n) is 3.03. The number of rotatable bonds is 4. The molecule has 0 unspecified atom stereocenters. The van der Waals surface area contributed by atoms with E-state index in [1.807, 2.05) is 24.3 Å². The Bertz CT molecular complexity index is 513. The van der Waals surface area contributed by atoms with Gasteiger partial charge in [-0.25, -0.2) is 0 Å². The molecule has 0 aromatic heterocycles. The fourth-order valence-electron chi connectivity index (χ4n) is 1.94. The molecule has 94 valence electrons. The standard InChI is InChI=1S/C15H16ClNO/c1-11(14-9-13(16)7-8-15(14)18)17-10-12-5-3-2-4-6-12/h2-9,11,17-18H,10H2,1H3/p+1/t11-/m1/s1. The maximum Gasteiger partial charge on any atom is 0.124 e. The maximum absolute atomic E-state index is 9.82. The van der Waals surface area contributed by atoms with E-state index in [9.17, 15) is 5.11 Å². The highest BCUT2D eigenvalue weighted by atomic mass is 35.5. The molecule has 0 spiro atoms. The van der Waals surface area contributed by atoms with Gasteiger partial charge in [-0.15, -0.1) is 0 Å². The molecule has 0 heterocycles. The quantitative estimate of drug-likeness (QED) is 0.874. The van der Waals surface area contributed by atoms with E-state index in [-0.39, 0.29) is 6.04 Å². The van der Waals surface area contributed by atoms with Crippen LogP contribution in [0.25, 0.3) is 0 Å². The smallest absolute Gasteiger partial charge is 0.124 e. The SMILES string of the molecule is C[C@@H]([NH2+]Cc1ccccc1)c1cc(Cl)ccc1O. The molecule has 18 heavy (non-hydrogen) atoms. The molecule has 0 fully saturated rings. The van der Waals surface area contributed by atoms with Crippen LogP contribution in [0.2, 0.25) is 5.02 Å². The summed E-state index contributed by atoms with van der Waals surface area (Å²) >= 11 is 5.95. The van der Waals surface area contributed by atoms with E-state index in [2.05, 4.69) is 24.4 Å². The average molecular weight is 263 g/mol. The summed E-state index contributed by atoms with van der Waals surface area (Å²) in [7, 11) is 0. The Morgan fingerprint density at radius 1 is 1.17 bits per heavy atom. The van der Waals surface area contributed by atoms with Crippen molar-refractivity contribution in [1.29, 1.82) is 0 Å². The van der Waals surface area contributed by atoms with Crippen molar-refractivity contribution in [3.8, 4) is 5.75 Å². The van der Waals surface area contributed by atoms with Gasteiger partial charge in [0.1, 0.15) is 18.3 Å². The highest BCUT2D eigenvalue weighted by molar-refractivity contribution is 6.30. The van der Waals surface area contributed by atoms with Crippen molar-refractivity contribution >= 4 is 11.6 Å². The highest BCUT2D eigenvalue weighted by Gasteiger charge is 2.13. The van der Waals surface area contributed by atoms with Gasteiger partial charge in [-0.05, 0) is 25.1 Å². The molecule has 2 aromatic rings. The minimum absolute atomic E-state index is 0.170. The molecule has 0 aliphatic rings. The average Bonchev–Trinajstić information content (AvgIpc) is 2.40. The molecule has 0 bridgehead atoms. The third-order valence-corrected chi connectivity index (χ3v) is 3.27. The Morgan fingerprint density at radius 3 is 2.61 bits per heavy atom. The lowest BCUT2D eigenvalue weighted by Gasteiger charge is -2.13. The zero-order valence-electron chi connectivity index (χ0n) is 10.3. The Kier molecular flexibility index (Phi) is 4.24. The van der Waals surface area contributed by atoms with Gasteiger partial charge in [0, 0.05) is 10.6 Å². The normalized spacial score (nSPS) is 12.3. The number of quaternary nitrogens is 1. The predicted octanol–water partition coefficient (Wildman–Crippen LogP) is 2.87. The van der Waals surface area contributed by atoms with Crippen LogP contribution in [0.3, 0.4) is 0 Å². The van der Waals surface area contributed by atoms with Gasteiger partial charge in [-0.3, -0.25) is 0 Å². The molecule has 2 rings (SSSR count). The van der Waals surface area contributed by atoms with Gasteiger partial charge in [0.05, 0.1) is 5.56 Å². The largest absolute Gasteiger partial charge is 0.507 e. The molecule has 0 aliphatic heterocycles. The van der Waals surface area contributed by atoms with Crippen molar-refractivity contribution in [3.63, 3.8) is 0 Å². The van der Waals surface area contributed by atoms with Gasteiger partial charge in [-0.2, -0.15) is 0 Å². The van der Waals surface area contributed by atoms with Crippen LogP contribution in [-0.2, 0) is 6.54 Å². The summed E-state index contributed by atoms with van der Waals surface area (Å²) in [5.74, 6) is 0.302. The third kappa shape index (κ3) is 3.25. The molecule has 0 amide bonds. The molecule has 0 aliphatic carbocycles. The summed E-state index contributed by atoms with van der Waals surface area (Å²) in [6.45, 7) is 2.95. The summed E-state index contributed by atoms with van der Waals surface area (Å²) in [5.41, 5.74) is 2.14. The van der Waals surface area contributed by atoms with E-state index >= 15 is 0 Å². The van der Waals surface area contributed by atoms with Crippen molar-refractivity contribution < 1.29 is 10.4 Å². The van der Waals surface area contributed by atoms with E-state index < -0.39 is 0 Å². The van der Waals surface area contributed by atoms with Crippen LogP contribution in [0.4, 0.5) is 0 Å². The van der Waals surface area contributed by atoms with Gasteiger partial charge in [0.25, 0.3) is 0 Å². The van der Waals surface area contributed by atoms with Crippen molar-refractivity contribution in [2.75, 3.05) is 0 Å². The van der Waals surface area contributed by atoms with Crippen LogP contribution in [0.15, 0.2) is 48.5 Å². The minimum Gasteiger partial charge on any atom is -0.507 e. The van der Waals surface area contributed by atoms with Gasteiger partial charge < -0.3 is 10.4 Å². The molecular formula is C15H17ClNO+. The van der Waals surface area contributed by atoms with Gasteiger partial charge in [-0.1, -0.05) is 41.9 Å². The first-order chi connectivity index (χ1) is 8.66. The lowest BCUT2D eigenvalue weighted by molar-refractivity contribution is -0.708. The second-order valence-electron chi connectivity index (χ2n) is 4.42. The molecular weight excluding hydrogens is 246 g/mol. The molecule has 2 nitrogen and oxygen atoms in total. The lowest BCUT2D eigenvalue weighted by atomic mass is 10.1. The number of phenols is 1. The molecule has 1 atom stereocenters. The van der Waals surface area contributed by atoms with Crippen LogP contribution < -0.4 is 5.32 Å². The first-order valence-corrected chi connectivity index (χ1v) is 6.40. The van der Waals surface area contributed by atoms with E-state index in [0.717, 1.165) is 12.1 Å². The topological polar surface area (TPSA) is 36.8 Å². The van der Waals surface area contributed by atoms with E-state index in [0.29, 0.717) is 10.8 Å². The fourth-order valence-corrected chi connectivity index (χ4v) is 2.12. The number of benzene rings is 2. The van der Waals surface area contributed by atoms with Crippen molar-refractivity contribution in [2.24, 2.45) is 0 Å². The van der Waals surface area contributed by atoms with Crippen LogP contribution in [-0.4, -0.2) is 5.11 Å². The predicted molar refractivity (Wildman–Crippen MR) is 73.6 cm³/mol. The first-order valence-electron chi connectivity index (χ1n) is 6.02. The second-order valence-corrected chi connectivity index (χ2v) is 4.85. The van der Waals surface area contributed by atoms with Crippen LogP contribution in [0, 0.1) is 0 Å². The Morgan fingerprint density at radius 2 is 1.89 bits per heavy atom. The monoisotopic (exact) mass is 262 g/mol. The molecule has 3 heteroatoms. The summed E-state index contributed by atoms with van der Waals surface area (Å²) in [4.78, 5) is 0. The summed E-state index contributed by atoms with van der Waals surface area (Å²) in [5, 5.41) is 12.7. The minimum atomic E-state index is 0.170. The van der Waals surface area contributed by atoms with Crippen LogP contribution in [0.5, 0.6) is 5.75 Å². The summed E-state index contributed by atoms with van der Waals surface area (Å²) < 4.78 is 0. The number of aromatic hydroxyl groups is 1. The highest BCUT2D eigenvalue weighted by Crippen LogP contribution is 2.25. The maximum atomic E-state index is 9.82. The van der Waals surface area contributed by atoms with Crippen LogP contribution >= 0.6 is 11.6 Å². The number of hydrogen-bond donors (Lipinski definition) is 2. The lowest BCUT2D eigenvalue weighted by Crippen LogP contribution is -2.83. The first kappa shape index (κ1) is 12.9.